The van der Waals surface area contributed by atoms with Gasteiger partial charge in [0.2, 0.25) is 0 Å². The van der Waals surface area contributed by atoms with Crippen molar-refractivity contribution in [2.45, 2.75) is 33.4 Å². The summed E-state index contributed by atoms with van der Waals surface area (Å²) in [7, 11) is 0. The van der Waals surface area contributed by atoms with Gasteiger partial charge in [-0.1, -0.05) is 20.8 Å². The Morgan fingerprint density at radius 1 is 1.00 bits per heavy atom. The molecule has 0 amide bonds. The average molecular weight is 245 g/mol. The smallest absolute Gasteiger partial charge is 0.385 e. The van der Waals surface area contributed by atoms with Gasteiger partial charge in [0, 0.05) is 12.2 Å². The Morgan fingerprint density at radius 2 is 1.53 bits per heavy atom. The lowest BCUT2D eigenvalue weighted by Gasteiger charge is -2.18. The van der Waals surface area contributed by atoms with Crippen molar-refractivity contribution in [1.29, 1.82) is 0 Å². The Balaban J connectivity index is 2.52. The van der Waals surface area contributed by atoms with E-state index in [0.29, 0.717) is 0 Å². The number of alkyl halides is 3. The molecule has 1 rings (SSSR count). The fourth-order valence-corrected chi connectivity index (χ4v) is 1.36. The minimum Gasteiger partial charge on any atom is -0.385 e. The molecular formula is C13H18F3N. The molecule has 0 aromatic heterocycles. The third-order valence-electron chi connectivity index (χ3n) is 2.42. The first-order valence-electron chi connectivity index (χ1n) is 5.60. The summed E-state index contributed by atoms with van der Waals surface area (Å²) in [6.07, 6.45) is -3.29. The van der Waals surface area contributed by atoms with Crippen LogP contribution in [0.15, 0.2) is 24.3 Å². The number of nitrogens with one attached hydrogen (secondary N) is 1. The Morgan fingerprint density at radius 3 is 1.94 bits per heavy atom. The van der Waals surface area contributed by atoms with E-state index in [2.05, 4.69) is 26.1 Å². The Bertz CT molecular complexity index is 346. The lowest BCUT2D eigenvalue weighted by atomic mass is 9.92. The molecule has 0 aliphatic carbocycles. The van der Waals surface area contributed by atoms with Crippen LogP contribution in [0.25, 0.3) is 0 Å². The van der Waals surface area contributed by atoms with Crippen LogP contribution in [0.1, 0.15) is 32.8 Å². The van der Waals surface area contributed by atoms with Gasteiger partial charge in [-0.3, -0.25) is 0 Å². The van der Waals surface area contributed by atoms with E-state index < -0.39 is 11.7 Å². The second-order valence-electron chi connectivity index (χ2n) is 5.31. The lowest BCUT2D eigenvalue weighted by molar-refractivity contribution is -0.137. The molecule has 0 aliphatic rings. The lowest BCUT2D eigenvalue weighted by Crippen LogP contribution is -2.13. The molecule has 0 fully saturated rings. The van der Waals surface area contributed by atoms with Crippen molar-refractivity contribution in [3.8, 4) is 0 Å². The van der Waals surface area contributed by atoms with E-state index in [1.165, 1.54) is 12.1 Å². The second kappa shape index (κ2) is 4.98. The van der Waals surface area contributed by atoms with Gasteiger partial charge in [-0.25, -0.2) is 0 Å². The fourth-order valence-electron chi connectivity index (χ4n) is 1.36. The number of hydrogen-bond acceptors (Lipinski definition) is 1. The molecule has 1 aromatic carbocycles. The quantitative estimate of drug-likeness (QED) is 0.823. The van der Waals surface area contributed by atoms with Gasteiger partial charge in [0.15, 0.2) is 0 Å². The molecule has 4 heteroatoms. The van der Waals surface area contributed by atoms with Gasteiger partial charge in [0.05, 0.1) is 5.56 Å². The first-order valence-corrected chi connectivity index (χ1v) is 5.60. The summed E-state index contributed by atoms with van der Waals surface area (Å²) in [6, 6.07) is 5.12. The van der Waals surface area contributed by atoms with Crippen LogP contribution in [0.2, 0.25) is 0 Å². The molecule has 1 nitrogen and oxygen atoms in total. The molecule has 0 unspecified atom stereocenters. The summed E-state index contributed by atoms with van der Waals surface area (Å²) in [5.41, 5.74) is 0.333. The Kier molecular flexibility index (Phi) is 4.07. The third-order valence-corrected chi connectivity index (χ3v) is 2.42. The Labute approximate surface area is 100 Å². The monoisotopic (exact) mass is 245 g/mol. The summed E-state index contributed by atoms with van der Waals surface area (Å²) >= 11 is 0. The summed E-state index contributed by atoms with van der Waals surface area (Å²) in [4.78, 5) is 0. The van der Waals surface area contributed by atoms with Gasteiger partial charge < -0.3 is 5.32 Å². The number of rotatable bonds is 3. The topological polar surface area (TPSA) is 12.0 Å². The van der Waals surface area contributed by atoms with Crippen molar-refractivity contribution in [1.82, 2.24) is 0 Å². The largest absolute Gasteiger partial charge is 0.416 e. The van der Waals surface area contributed by atoms with Crippen molar-refractivity contribution in [3.05, 3.63) is 29.8 Å². The zero-order chi connectivity index (χ0) is 13.1. The normalized spacial score (nSPS) is 12.6. The average Bonchev–Trinajstić information content (AvgIpc) is 2.15. The van der Waals surface area contributed by atoms with E-state index in [0.717, 1.165) is 30.8 Å². The van der Waals surface area contributed by atoms with Crippen LogP contribution in [0, 0.1) is 5.41 Å². The van der Waals surface area contributed by atoms with E-state index in [4.69, 9.17) is 0 Å². The molecule has 0 aliphatic heterocycles. The first kappa shape index (κ1) is 13.9. The van der Waals surface area contributed by atoms with E-state index >= 15 is 0 Å². The van der Waals surface area contributed by atoms with Gasteiger partial charge in [-0.05, 0) is 36.1 Å². The zero-order valence-electron chi connectivity index (χ0n) is 10.4. The van der Waals surface area contributed by atoms with Crippen molar-refractivity contribution in [2.75, 3.05) is 11.9 Å². The van der Waals surface area contributed by atoms with Crippen LogP contribution in [-0.2, 0) is 6.18 Å². The summed E-state index contributed by atoms with van der Waals surface area (Å²) < 4.78 is 36.9. The van der Waals surface area contributed by atoms with Crippen LogP contribution in [-0.4, -0.2) is 6.54 Å². The molecule has 1 aromatic rings. The highest BCUT2D eigenvalue weighted by Gasteiger charge is 2.29. The van der Waals surface area contributed by atoms with Crippen molar-refractivity contribution in [3.63, 3.8) is 0 Å². The SMILES string of the molecule is CC(C)(C)CCNc1ccc(C(F)(F)F)cc1. The summed E-state index contributed by atoms with van der Waals surface area (Å²) in [5, 5.41) is 3.11. The second-order valence-corrected chi connectivity index (χ2v) is 5.31. The molecule has 0 spiro atoms. The van der Waals surface area contributed by atoms with Crippen LogP contribution >= 0.6 is 0 Å². The van der Waals surface area contributed by atoms with Crippen molar-refractivity contribution < 1.29 is 13.2 Å². The molecular weight excluding hydrogens is 227 g/mol. The number of hydrogen-bond donors (Lipinski definition) is 1. The van der Waals surface area contributed by atoms with E-state index in [-0.39, 0.29) is 5.41 Å². The van der Waals surface area contributed by atoms with Gasteiger partial charge in [-0.15, -0.1) is 0 Å². The van der Waals surface area contributed by atoms with Gasteiger partial charge in [0.25, 0.3) is 0 Å². The van der Waals surface area contributed by atoms with E-state index in [1.54, 1.807) is 0 Å². The molecule has 0 saturated heterocycles. The van der Waals surface area contributed by atoms with E-state index in [9.17, 15) is 13.2 Å². The summed E-state index contributed by atoms with van der Waals surface area (Å²) in [6.45, 7) is 7.14. The minimum atomic E-state index is -4.26. The first-order chi connectivity index (χ1) is 7.68. The highest BCUT2D eigenvalue weighted by molar-refractivity contribution is 5.45. The molecule has 0 heterocycles. The maximum absolute atomic E-state index is 12.3. The third kappa shape index (κ3) is 5.11. The summed E-state index contributed by atoms with van der Waals surface area (Å²) in [5.74, 6) is 0. The predicted octanol–water partition coefficient (Wildman–Crippen LogP) is 4.55. The van der Waals surface area contributed by atoms with Crippen LogP contribution in [0.5, 0.6) is 0 Å². The maximum atomic E-state index is 12.3. The highest BCUT2D eigenvalue weighted by atomic mass is 19.4. The van der Waals surface area contributed by atoms with E-state index in [1.807, 2.05) is 0 Å². The standard InChI is InChI=1S/C13H18F3N/c1-12(2,3)8-9-17-11-6-4-10(5-7-11)13(14,15)16/h4-7,17H,8-9H2,1-3H3. The van der Waals surface area contributed by atoms with Gasteiger partial charge in [-0.2, -0.15) is 13.2 Å². The molecule has 1 N–H and O–H groups in total. The Hall–Kier alpha value is -1.19. The van der Waals surface area contributed by atoms with Crippen LogP contribution in [0.4, 0.5) is 18.9 Å². The van der Waals surface area contributed by atoms with Gasteiger partial charge >= 0.3 is 6.18 Å². The number of anilines is 1. The maximum Gasteiger partial charge on any atom is 0.416 e. The van der Waals surface area contributed by atoms with Crippen LogP contribution < -0.4 is 5.32 Å². The molecule has 0 atom stereocenters. The predicted molar refractivity (Wildman–Crippen MR) is 64.0 cm³/mol. The molecule has 17 heavy (non-hydrogen) atoms. The zero-order valence-corrected chi connectivity index (χ0v) is 10.4. The highest BCUT2D eigenvalue weighted by Crippen LogP contribution is 2.29. The number of halogens is 3. The molecule has 0 radical (unpaired) electrons. The molecule has 0 saturated carbocycles. The number of benzene rings is 1. The molecule has 0 bridgehead atoms. The van der Waals surface area contributed by atoms with Crippen LogP contribution in [0.3, 0.4) is 0 Å². The van der Waals surface area contributed by atoms with Crippen molar-refractivity contribution >= 4 is 5.69 Å². The van der Waals surface area contributed by atoms with Gasteiger partial charge in [0.1, 0.15) is 0 Å². The molecule has 96 valence electrons. The fraction of sp³-hybridized carbons (Fsp3) is 0.538. The minimum absolute atomic E-state index is 0.221. The van der Waals surface area contributed by atoms with Crippen molar-refractivity contribution in [2.24, 2.45) is 5.41 Å².